The van der Waals surface area contributed by atoms with E-state index in [9.17, 15) is 4.79 Å². The standard InChI is InChI=1S/C25H23N2O2PS/c1-3-29-25(28)24-26-27(21-16-14-19(2)15-17-21)18-23(20-10-6-4-7-11-20)30(24,31)22-12-8-5-9-13-22/h4-18H,3H2,1-2H3/t30-/m1/s1. The van der Waals surface area contributed by atoms with Crippen molar-refractivity contribution >= 4 is 45.6 Å². The Morgan fingerprint density at radius 1 is 0.968 bits per heavy atom. The lowest BCUT2D eigenvalue weighted by Crippen LogP contribution is -2.30. The quantitative estimate of drug-likeness (QED) is 0.384. The Kier molecular flexibility index (Phi) is 6.17. The molecule has 0 saturated heterocycles. The maximum Gasteiger partial charge on any atom is 0.360 e. The third-order valence-electron chi connectivity index (χ3n) is 5.03. The number of hydrogen-bond donors (Lipinski definition) is 0. The van der Waals surface area contributed by atoms with Crippen LogP contribution in [-0.4, -0.2) is 18.0 Å². The number of hydrazone groups is 1. The third-order valence-corrected chi connectivity index (χ3v) is 9.72. The van der Waals surface area contributed by atoms with Crippen LogP contribution in [0.25, 0.3) is 5.31 Å². The van der Waals surface area contributed by atoms with Crippen molar-refractivity contribution in [1.82, 2.24) is 0 Å². The molecule has 1 heterocycles. The fourth-order valence-corrected chi connectivity index (χ4v) is 7.29. The van der Waals surface area contributed by atoms with Gasteiger partial charge in [0.15, 0.2) is 5.45 Å². The number of anilines is 1. The molecule has 0 fully saturated rings. The highest BCUT2D eigenvalue weighted by Gasteiger charge is 2.40. The second kappa shape index (κ2) is 9.01. The van der Waals surface area contributed by atoms with E-state index < -0.39 is 12.0 Å². The van der Waals surface area contributed by atoms with Gasteiger partial charge in [-0.15, -0.1) is 0 Å². The molecule has 1 aliphatic heterocycles. The summed E-state index contributed by atoms with van der Waals surface area (Å²) in [4.78, 5) is 13.1. The minimum absolute atomic E-state index is 0.261. The van der Waals surface area contributed by atoms with Gasteiger partial charge in [-0.3, -0.25) is 0 Å². The number of aryl methyl sites for hydroxylation is 1. The summed E-state index contributed by atoms with van der Waals surface area (Å²) in [7, 11) is 0. The van der Waals surface area contributed by atoms with E-state index in [1.165, 1.54) is 0 Å². The van der Waals surface area contributed by atoms with E-state index in [-0.39, 0.29) is 12.1 Å². The highest BCUT2D eigenvalue weighted by Crippen LogP contribution is 2.61. The molecule has 3 aromatic carbocycles. The first-order valence-corrected chi connectivity index (χ1v) is 12.9. The predicted molar refractivity (Wildman–Crippen MR) is 133 cm³/mol. The number of carbonyl (C=O) groups excluding carboxylic acids is 1. The number of hydrogen-bond acceptors (Lipinski definition) is 5. The van der Waals surface area contributed by atoms with E-state index in [1.807, 2.05) is 98.1 Å². The van der Waals surface area contributed by atoms with Gasteiger partial charge in [0.1, 0.15) is 0 Å². The maximum absolute atomic E-state index is 13.1. The van der Waals surface area contributed by atoms with Crippen molar-refractivity contribution < 1.29 is 9.53 Å². The molecule has 0 bridgehead atoms. The molecule has 0 aliphatic carbocycles. The van der Waals surface area contributed by atoms with Gasteiger partial charge < -0.3 is 4.74 Å². The average Bonchev–Trinajstić information content (AvgIpc) is 2.81. The molecule has 0 unspecified atom stereocenters. The molecule has 0 saturated carbocycles. The molecule has 156 valence electrons. The normalized spacial score (nSPS) is 18.2. The van der Waals surface area contributed by atoms with Crippen LogP contribution < -0.4 is 10.3 Å². The maximum atomic E-state index is 13.1. The lowest BCUT2D eigenvalue weighted by atomic mass is 10.2. The average molecular weight is 447 g/mol. The summed E-state index contributed by atoms with van der Waals surface area (Å²) in [6.07, 6.45) is 1.97. The van der Waals surface area contributed by atoms with Crippen molar-refractivity contribution in [3.8, 4) is 0 Å². The van der Waals surface area contributed by atoms with Crippen LogP contribution in [0.4, 0.5) is 5.69 Å². The third kappa shape index (κ3) is 4.12. The topological polar surface area (TPSA) is 41.9 Å². The highest BCUT2D eigenvalue weighted by atomic mass is 32.4. The molecular weight excluding hydrogens is 423 g/mol. The van der Waals surface area contributed by atoms with Crippen LogP contribution in [0, 0.1) is 6.92 Å². The number of rotatable bonds is 5. The van der Waals surface area contributed by atoms with Gasteiger partial charge in [0.2, 0.25) is 0 Å². The van der Waals surface area contributed by atoms with Gasteiger partial charge in [0.05, 0.1) is 18.3 Å². The molecule has 4 rings (SSSR count). The first-order valence-electron chi connectivity index (χ1n) is 10.1. The zero-order chi connectivity index (χ0) is 21.8. The summed E-state index contributed by atoms with van der Waals surface area (Å²) in [5, 5.41) is 8.31. The second-order valence-electron chi connectivity index (χ2n) is 7.15. The SMILES string of the molecule is CCOC(=O)C1=NN(c2ccc(C)cc2)C=C(c2ccccc2)[P@]1(=S)c1ccccc1. The van der Waals surface area contributed by atoms with Crippen molar-refractivity contribution in [3.63, 3.8) is 0 Å². The van der Waals surface area contributed by atoms with Crippen LogP contribution in [0.1, 0.15) is 18.1 Å². The Hall–Kier alpha value is -3.01. The molecule has 0 radical (unpaired) electrons. The lowest BCUT2D eigenvalue weighted by Gasteiger charge is -2.33. The molecule has 31 heavy (non-hydrogen) atoms. The molecule has 1 atom stereocenters. The number of esters is 1. The van der Waals surface area contributed by atoms with E-state index in [4.69, 9.17) is 21.6 Å². The molecule has 6 heteroatoms. The predicted octanol–water partition coefficient (Wildman–Crippen LogP) is 5.50. The van der Waals surface area contributed by atoms with Gasteiger partial charge in [-0.2, -0.15) is 5.10 Å². The molecule has 0 amide bonds. The Labute approximate surface area is 187 Å². The van der Waals surface area contributed by atoms with Crippen LogP contribution in [0.3, 0.4) is 0 Å². The van der Waals surface area contributed by atoms with Crippen molar-refractivity contribution in [2.24, 2.45) is 5.10 Å². The molecule has 1 aliphatic rings. The Morgan fingerprint density at radius 2 is 1.58 bits per heavy atom. The van der Waals surface area contributed by atoms with Gasteiger partial charge in [0, 0.05) is 11.5 Å². The number of ether oxygens (including phenoxy) is 1. The van der Waals surface area contributed by atoms with Gasteiger partial charge in [-0.1, -0.05) is 90.2 Å². The summed E-state index contributed by atoms with van der Waals surface area (Å²) >= 11 is 6.34. The zero-order valence-electron chi connectivity index (χ0n) is 17.4. The van der Waals surface area contributed by atoms with E-state index in [1.54, 1.807) is 11.9 Å². The van der Waals surface area contributed by atoms with Gasteiger partial charge in [-0.05, 0) is 36.8 Å². The first kappa shape index (κ1) is 21.2. The summed E-state index contributed by atoms with van der Waals surface area (Å²) in [5.74, 6) is -0.465. The van der Waals surface area contributed by atoms with Gasteiger partial charge >= 0.3 is 5.97 Å². The van der Waals surface area contributed by atoms with Crippen LogP contribution in [-0.2, 0) is 21.3 Å². The van der Waals surface area contributed by atoms with Crippen LogP contribution in [0.2, 0.25) is 0 Å². The van der Waals surface area contributed by atoms with Crippen LogP contribution in [0.5, 0.6) is 0 Å². The van der Waals surface area contributed by atoms with Crippen molar-refractivity contribution in [2.75, 3.05) is 11.6 Å². The molecule has 0 aromatic heterocycles. The number of carbonyl (C=O) groups is 1. The minimum Gasteiger partial charge on any atom is -0.461 e. The molecule has 3 aromatic rings. The molecular formula is C25H23N2O2PS. The Bertz CT molecular complexity index is 1190. The van der Waals surface area contributed by atoms with Crippen molar-refractivity contribution in [2.45, 2.75) is 13.8 Å². The monoisotopic (exact) mass is 446 g/mol. The van der Waals surface area contributed by atoms with Gasteiger partial charge in [-0.25, -0.2) is 9.80 Å². The van der Waals surface area contributed by atoms with Gasteiger partial charge in [0.25, 0.3) is 0 Å². The smallest absolute Gasteiger partial charge is 0.360 e. The van der Waals surface area contributed by atoms with Crippen LogP contribution >= 0.6 is 6.04 Å². The summed E-state index contributed by atoms with van der Waals surface area (Å²) in [6, 6.07) is 25.1. The Balaban J connectivity index is 1.97. The Morgan fingerprint density at radius 3 is 2.19 bits per heavy atom. The lowest BCUT2D eigenvalue weighted by molar-refractivity contribution is -0.134. The largest absolute Gasteiger partial charge is 0.461 e. The molecule has 4 nitrogen and oxygen atoms in total. The summed E-state index contributed by atoms with van der Waals surface area (Å²) < 4.78 is 5.42. The van der Waals surface area contributed by atoms with E-state index in [0.717, 1.165) is 27.4 Å². The second-order valence-corrected chi connectivity index (χ2v) is 11.4. The van der Waals surface area contributed by atoms with Crippen LogP contribution in [0.15, 0.2) is 96.2 Å². The van der Waals surface area contributed by atoms with E-state index >= 15 is 0 Å². The van der Waals surface area contributed by atoms with E-state index in [2.05, 4.69) is 0 Å². The fraction of sp³-hybridized carbons (Fsp3) is 0.120. The number of nitrogens with zero attached hydrogens (tertiary/aromatic N) is 2. The molecule has 0 N–H and O–H groups in total. The number of benzene rings is 3. The van der Waals surface area contributed by atoms with E-state index in [0.29, 0.717) is 0 Å². The fourth-order valence-electron chi connectivity index (χ4n) is 3.46. The highest BCUT2D eigenvalue weighted by molar-refractivity contribution is 8.32. The summed E-state index contributed by atoms with van der Waals surface area (Å²) in [5.41, 5.74) is 3.27. The first-order chi connectivity index (χ1) is 15.0. The minimum atomic E-state index is -2.73. The van der Waals surface area contributed by atoms with Crippen molar-refractivity contribution in [1.29, 1.82) is 0 Å². The van der Waals surface area contributed by atoms with Crippen molar-refractivity contribution in [3.05, 3.63) is 102 Å². The molecule has 0 spiro atoms. The zero-order valence-corrected chi connectivity index (χ0v) is 19.1. The summed E-state index contributed by atoms with van der Waals surface area (Å²) in [6.45, 7) is 4.09.